The summed E-state index contributed by atoms with van der Waals surface area (Å²) in [5, 5.41) is 10.5. The molecule has 1 fully saturated rings. The molecule has 1 aliphatic rings. The summed E-state index contributed by atoms with van der Waals surface area (Å²) >= 11 is 5.96. The van der Waals surface area contributed by atoms with Gasteiger partial charge in [-0.3, -0.25) is 0 Å². The van der Waals surface area contributed by atoms with Gasteiger partial charge < -0.3 is 10.8 Å². The molecule has 88 valence electrons. The lowest BCUT2D eigenvalue weighted by molar-refractivity contribution is 0.291. The third-order valence-electron chi connectivity index (χ3n) is 3.76. The Hall–Kier alpha value is -0.730. The van der Waals surface area contributed by atoms with Gasteiger partial charge in [-0.2, -0.15) is 0 Å². The predicted molar refractivity (Wildman–Crippen MR) is 66.9 cm³/mol. The van der Waals surface area contributed by atoms with Gasteiger partial charge in [0.1, 0.15) is 5.75 Å². The second kappa shape index (κ2) is 4.64. The number of aromatic hydroxyl groups is 1. The lowest BCUT2D eigenvalue weighted by Crippen LogP contribution is -2.37. The maximum absolute atomic E-state index is 10.1. The molecule has 3 heteroatoms. The quantitative estimate of drug-likeness (QED) is 0.833. The van der Waals surface area contributed by atoms with E-state index in [1.807, 2.05) is 12.1 Å². The molecule has 0 aromatic heterocycles. The first-order valence-corrected chi connectivity index (χ1v) is 6.25. The van der Waals surface area contributed by atoms with Crippen molar-refractivity contribution in [3.05, 3.63) is 28.8 Å². The topological polar surface area (TPSA) is 46.2 Å². The molecule has 3 N–H and O–H groups in total. The summed E-state index contributed by atoms with van der Waals surface area (Å²) in [4.78, 5) is 0. The number of para-hydroxylation sites is 1. The smallest absolute Gasteiger partial charge is 0.137 e. The Balaban J connectivity index is 2.43. The molecule has 1 aromatic carbocycles. The van der Waals surface area contributed by atoms with Crippen molar-refractivity contribution in [2.45, 2.75) is 37.5 Å². The molecule has 0 heterocycles. The molecule has 0 amide bonds. The number of phenols is 1. The molecule has 0 atom stereocenters. The molecule has 0 spiro atoms. The molecular formula is C13H18ClNO. The lowest BCUT2D eigenvalue weighted by atomic mass is 9.69. The zero-order chi connectivity index (χ0) is 11.6. The normalized spacial score (nSPS) is 19.6. The molecule has 0 saturated heterocycles. The van der Waals surface area contributed by atoms with Crippen LogP contribution in [0.5, 0.6) is 5.75 Å². The Morgan fingerprint density at radius 1 is 1.25 bits per heavy atom. The van der Waals surface area contributed by atoms with Crippen molar-refractivity contribution in [1.82, 2.24) is 0 Å². The number of nitrogens with two attached hydrogens (primary N) is 1. The summed E-state index contributed by atoms with van der Waals surface area (Å²) < 4.78 is 0. The fourth-order valence-electron chi connectivity index (χ4n) is 2.76. The van der Waals surface area contributed by atoms with Gasteiger partial charge in [0, 0.05) is 17.5 Å². The number of halogens is 1. The van der Waals surface area contributed by atoms with E-state index < -0.39 is 0 Å². The third-order valence-corrected chi connectivity index (χ3v) is 4.06. The van der Waals surface area contributed by atoms with Gasteiger partial charge in [-0.25, -0.2) is 0 Å². The van der Waals surface area contributed by atoms with E-state index >= 15 is 0 Å². The maximum Gasteiger partial charge on any atom is 0.137 e. The fraction of sp³-hybridized carbons (Fsp3) is 0.538. The Morgan fingerprint density at radius 3 is 2.56 bits per heavy atom. The van der Waals surface area contributed by atoms with Crippen LogP contribution in [0, 0.1) is 0 Å². The van der Waals surface area contributed by atoms with Crippen LogP contribution in [0.4, 0.5) is 0 Å². The van der Waals surface area contributed by atoms with Crippen molar-refractivity contribution in [1.29, 1.82) is 0 Å². The molecular weight excluding hydrogens is 222 g/mol. The summed E-state index contributed by atoms with van der Waals surface area (Å²) in [6.45, 7) is 0.584. The van der Waals surface area contributed by atoms with E-state index in [-0.39, 0.29) is 11.2 Å². The van der Waals surface area contributed by atoms with Crippen LogP contribution in [0.2, 0.25) is 5.02 Å². The fourth-order valence-corrected chi connectivity index (χ4v) is 2.93. The van der Waals surface area contributed by atoms with Crippen molar-refractivity contribution in [3.63, 3.8) is 0 Å². The second-order valence-electron chi connectivity index (χ2n) is 4.68. The summed E-state index contributed by atoms with van der Waals surface area (Å²) in [5.74, 6) is 0.219. The van der Waals surface area contributed by atoms with Crippen LogP contribution in [0.3, 0.4) is 0 Å². The van der Waals surface area contributed by atoms with E-state index in [1.165, 1.54) is 19.3 Å². The number of rotatable bonds is 2. The average molecular weight is 240 g/mol. The van der Waals surface area contributed by atoms with Crippen LogP contribution in [0.1, 0.15) is 37.7 Å². The number of benzene rings is 1. The largest absolute Gasteiger partial charge is 0.506 e. The minimum atomic E-state index is -0.0623. The monoisotopic (exact) mass is 239 g/mol. The first-order valence-electron chi connectivity index (χ1n) is 5.88. The third kappa shape index (κ3) is 1.92. The second-order valence-corrected chi connectivity index (χ2v) is 5.09. The zero-order valence-corrected chi connectivity index (χ0v) is 10.1. The van der Waals surface area contributed by atoms with Gasteiger partial charge in [0.15, 0.2) is 0 Å². The Labute approximate surface area is 101 Å². The Kier molecular flexibility index (Phi) is 3.41. The molecule has 2 nitrogen and oxygen atoms in total. The van der Waals surface area contributed by atoms with Crippen molar-refractivity contribution < 1.29 is 5.11 Å². The molecule has 0 aliphatic heterocycles. The highest BCUT2D eigenvalue weighted by Gasteiger charge is 2.34. The van der Waals surface area contributed by atoms with Crippen LogP contribution < -0.4 is 5.73 Å². The molecule has 2 rings (SSSR count). The predicted octanol–water partition coefficient (Wildman–Crippen LogP) is 3.21. The highest BCUT2D eigenvalue weighted by atomic mass is 35.5. The van der Waals surface area contributed by atoms with Crippen LogP contribution in [0.25, 0.3) is 0 Å². The Bertz CT molecular complexity index is 372. The SMILES string of the molecule is NCC1(c2cccc(Cl)c2O)CCCCC1. The van der Waals surface area contributed by atoms with E-state index in [2.05, 4.69) is 0 Å². The van der Waals surface area contributed by atoms with Crippen LogP contribution >= 0.6 is 11.6 Å². The van der Waals surface area contributed by atoms with Crippen molar-refractivity contribution >= 4 is 11.6 Å². The number of hydrogen-bond donors (Lipinski definition) is 2. The lowest BCUT2D eigenvalue weighted by Gasteiger charge is -2.37. The van der Waals surface area contributed by atoms with Gasteiger partial charge in [0.05, 0.1) is 5.02 Å². The van der Waals surface area contributed by atoms with Gasteiger partial charge >= 0.3 is 0 Å². The van der Waals surface area contributed by atoms with Crippen LogP contribution in [-0.2, 0) is 5.41 Å². The van der Waals surface area contributed by atoms with Crippen LogP contribution in [-0.4, -0.2) is 11.7 Å². The summed E-state index contributed by atoms with van der Waals surface area (Å²) in [5.41, 5.74) is 6.81. The number of phenolic OH excluding ortho intramolecular Hbond substituents is 1. The Morgan fingerprint density at radius 2 is 1.94 bits per heavy atom. The zero-order valence-electron chi connectivity index (χ0n) is 9.38. The molecule has 16 heavy (non-hydrogen) atoms. The minimum absolute atomic E-state index is 0.0623. The van der Waals surface area contributed by atoms with E-state index in [0.717, 1.165) is 18.4 Å². The van der Waals surface area contributed by atoms with Crippen molar-refractivity contribution in [2.75, 3.05) is 6.54 Å². The van der Waals surface area contributed by atoms with Gasteiger partial charge in [-0.15, -0.1) is 0 Å². The first-order chi connectivity index (χ1) is 7.69. The molecule has 1 saturated carbocycles. The van der Waals surface area contributed by atoms with Gasteiger partial charge in [-0.1, -0.05) is 43.0 Å². The minimum Gasteiger partial charge on any atom is -0.506 e. The van der Waals surface area contributed by atoms with E-state index in [1.54, 1.807) is 6.07 Å². The summed E-state index contributed by atoms with van der Waals surface area (Å²) in [7, 11) is 0. The van der Waals surface area contributed by atoms with Gasteiger partial charge in [0.2, 0.25) is 0 Å². The molecule has 0 bridgehead atoms. The van der Waals surface area contributed by atoms with E-state index in [4.69, 9.17) is 17.3 Å². The molecule has 0 unspecified atom stereocenters. The highest BCUT2D eigenvalue weighted by Crippen LogP contribution is 2.44. The first kappa shape index (κ1) is 11.7. The van der Waals surface area contributed by atoms with Gasteiger partial charge in [-0.05, 0) is 18.9 Å². The van der Waals surface area contributed by atoms with Crippen LogP contribution in [0.15, 0.2) is 18.2 Å². The highest BCUT2D eigenvalue weighted by molar-refractivity contribution is 6.32. The molecule has 1 aliphatic carbocycles. The van der Waals surface area contributed by atoms with Crippen molar-refractivity contribution in [3.8, 4) is 5.75 Å². The summed E-state index contributed by atoms with van der Waals surface area (Å²) in [6.07, 6.45) is 5.74. The molecule has 1 aromatic rings. The summed E-state index contributed by atoms with van der Waals surface area (Å²) in [6, 6.07) is 5.57. The van der Waals surface area contributed by atoms with Gasteiger partial charge in [0.25, 0.3) is 0 Å². The van der Waals surface area contributed by atoms with E-state index in [0.29, 0.717) is 11.6 Å². The standard InChI is InChI=1S/C13H18ClNO/c14-11-6-4-5-10(12(11)16)13(9-15)7-2-1-3-8-13/h4-6,16H,1-3,7-9,15H2. The maximum atomic E-state index is 10.1. The van der Waals surface area contributed by atoms with Crippen molar-refractivity contribution in [2.24, 2.45) is 5.73 Å². The van der Waals surface area contributed by atoms with E-state index in [9.17, 15) is 5.11 Å². The number of hydrogen-bond acceptors (Lipinski definition) is 2. The molecule has 0 radical (unpaired) electrons. The average Bonchev–Trinajstić information content (AvgIpc) is 2.33.